The second-order valence-corrected chi connectivity index (χ2v) is 12.4. The van der Waals surface area contributed by atoms with Crippen LogP contribution in [0.25, 0.3) is 0 Å². The molecule has 214 valence electrons. The van der Waals surface area contributed by atoms with E-state index in [0.717, 1.165) is 27.6 Å². The van der Waals surface area contributed by atoms with Gasteiger partial charge in [0, 0.05) is 12.1 Å². The first-order chi connectivity index (χ1) is 18.7. The highest BCUT2D eigenvalue weighted by Gasteiger charge is 2.33. The number of ether oxygens (including phenoxy) is 1. The molecule has 1 atom stereocenters. The Kier molecular flexibility index (Phi) is 9.57. The Hall–Kier alpha value is -3.92. The molecule has 0 saturated carbocycles. The minimum Gasteiger partial charge on any atom is -0.497 e. The SMILES string of the molecule is COc1ccc(S(=O)(=O)N(CC(=O)N(Cc2ccc(C)cc2)[C@H](C)C(=O)NC(C)(C)C)c2ccc(F)cc2)cc1. The number of halogens is 1. The molecule has 40 heavy (non-hydrogen) atoms. The number of hydrogen-bond acceptors (Lipinski definition) is 5. The van der Waals surface area contributed by atoms with E-state index in [1.807, 2.05) is 52.0 Å². The van der Waals surface area contributed by atoms with Crippen LogP contribution in [0.15, 0.2) is 77.7 Å². The van der Waals surface area contributed by atoms with Crippen molar-refractivity contribution in [3.8, 4) is 5.75 Å². The standard InChI is InChI=1S/C30H36FN3O5S/c1-21-7-9-23(10-8-21)19-33(22(2)29(36)32-30(3,4)5)28(35)20-34(25-13-11-24(31)12-14-25)40(37,38)27-17-15-26(39-6)16-18-27/h7-18,22H,19-20H2,1-6H3,(H,32,36)/t22-/m1/s1. The summed E-state index contributed by atoms with van der Waals surface area (Å²) in [5, 5.41) is 2.89. The zero-order valence-electron chi connectivity index (χ0n) is 23.6. The van der Waals surface area contributed by atoms with Gasteiger partial charge < -0.3 is 15.0 Å². The lowest BCUT2D eigenvalue weighted by atomic mass is 10.1. The maximum absolute atomic E-state index is 13.9. The van der Waals surface area contributed by atoms with Crippen molar-refractivity contribution in [2.75, 3.05) is 18.0 Å². The minimum absolute atomic E-state index is 0.0750. The zero-order chi connectivity index (χ0) is 29.7. The van der Waals surface area contributed by atoms with Crippen molar-refractivity contribution in [3.05, 3.63) is 89.7 Å². The maximum atomic E-state index is 13.9. The van der Waals surface area contributed by atoms with E-state index in [9.17, 15) is 22.4 Å². The second kappa shape index (κ2) is 12.5. The van der Waals surface area contributed by atoms with Crippen LogP contribution in [0.2, 0.25) is 0 Å². The van der Waals surface area contributed by atoms with Gasteiger partial charge >= 0.3 is 0 Å². The Morgan fingerprint density at radius 1 is 0.950 bits per heavy atom. The lowest BCUT2D eigenvalue weighted by molar-refractivity contribution is -0.140. The first-order valence-corrected chi connectivity index (χ1v) is 14.2. The summed E-state index contributed by atoms with van der Waals surface area (Å²) in [7, 11) is -2.80. The molecular weight excluding hydrogens is 533 g/mol. The molecule has 3 aromatic rings. The minimum atomic E-state index is -4.27. The van der Waals surface area contributed by atoms with E-state index in [1.54, 1.807) is 6.92 Å². The van der Waals surface area contributed by atoms with E-state index in [2.05, 4.69) is 5.32 Å². The van der Waals surface area contributed by atoms with E-state index in [4.69, 9.17) is 4.74 Å². The predicted molar refractivity (Wildman–Crippen MR) is 153 cm³/mol. The Balaban J connectivity index is 2.03. The molecule has 10 heteroatoms. The highest BCUT2D eigenvalue weighted by Crippen LogP contribution is 2.26. The summed E-state index contributed by atoms with van der Waals surface area (Å²) in [5.74, 6) is -1.06. The molecule has 0 aliphatic rings. The molecule has 1 N–H and O–H groups in total. The van der Waals surface area contributed by atoms with Crippen molar-refractivity contribution in [3.63, 3.8) is 0 Å². The average Bonchev–Trinajstić information content (AvgIpc) is 2.90. The fraction of sp³-hybridized carbons (Fsp3) is 0.333. The Morgan fingerprint density at radius 3 is 2.05 bits per heavy atom. The van der Waals surface area contributed by atoms with Crippen LogP contribution in [0.4, 0.5) is 10.1 Å². The van der Waals surface area contributed by atoms with Crippen molar-refractivity contribution in [2.24, 2.45) is 0 Å². The summed E-state index contributed by atoms with van der Waals surface area (Å²) in [5.41, 5.74) is 1.38. The molecule has 3 rings (SSSR count). The van der Waals surface area contributed by atoms with Crippen molar-refractivity contribution >= 4 is 27.5 Å². The summed E-state index contributed by atoms with van der Waals surface area (Å²) in [6.45, 7) is 8.52. The molecule has 0 aromatic heterocycles. The molecule has 3 aromatic carbocycles. The number of carbonyl (C=O) groups excluding carboxylic acids is 2. The summed E-state index contributed by atoms with van der Waals surface area (Å²) in [4.78, 5) is 28.3. The third-order valence-electron chi connectivity index (χ3n) is 6.18. The molecule has 0 aliphatic heterocycles. The number of rotatable bonds is 10. The number of benzene rings is 3. The number of sulfonamides is 1. The van der Waals surface area contributed by atoms with E-state index in [-0.39, 0.29) is 23.0 Å². The lowest BCUT2D eigenvalue weighted by Gasteiger charge is -2.33. The van der Waals surface area contributed by atoms with Crippen LogP contribution in [-0.4, -0.2) is 50.4 Å². The van der Waals surface area contributed by atoms with Crippen LogP contribution in [0.1, 0.15) is 38.8 Å². The van der Waals surface area contributed by atoms with Gasteiger partial charge in [-0.2, -0.15) is 0 Å². The molecule has 0 radical (unpaired) electrons. The molecule has 8 nitrogen and oxygen atoms in total. The predicted octanol–water partition coefficient (Wildman–Crippen LogP) is 4.67. The maximum Gasteiger partial charge on any atom is 0.264 e. The van der Waals surface area contributed by atoms with Crippen LogP contribution in [0.3, 0.4) is 0 Å². The van der Waals surface area contributed by atoms with Gasteiger partial charge in [0.1, 0.15) is 24.2 Å². The molecule has 0 bridgehead atoms. The molecule has 0 aliphatic carbocycles. The molecule has 2 amide bonds. The highest BCUT2D eigenvalue weighted by molar-refractivity contribution is 7.92. The summed E-state index contributed by atoms with van der Waals surface area (Å²) >= 11 is 0. The number of nitrogens with one attached hydrogen (secondary N) is 1. The van der Waals surface area contributed by atoms with Gasteiger partial charge in [0.05, 0.1) is 17.7 Å². The molecule has 0 unspecified atom stereocenters. The van der Waals surface area contributed by atoms with Gasteiger partial charge in [0.2, 0.25) is 11.8 Å². The normalized spacial score (nSPS) is 12.4. The summed E-state index contributed by atoms with van der Waals surface area (Å²) in [6, 6.07) is 17.2. The number of hydrogen-bond donors (Lipinski definition) is 1. The average molecular weight is 570 g/mol. The van der Waals surface area contributed by atoms with E-state index >= 15 is 0 Å². The number of anilines is 1. The van der Waals surface area contributed by atoms with E-state index in [0.29, 0.717) is 5.75 Å². The Labute approximate surface area is 235 Å². The number of carbonyl (C=O) groups is 2. The van der Waals surface area contributed by atoms with Gasteiger partial charge in [-0.05, 0) is 88.7 Å². The quantitative estimate of drug-likeness (QED) is 0.383. The lowest BCUT2D eigenvalue weighted by Crippen LogP contribution is -2.54. The number of aryl methyl sites for hydroxylation is 1. The van der Waals surface area contributed by atoms with Gasteiger partial charge in [0.25, 0.3) is 10.0 Å². The molecule has 0 spiro atoms. The van der Waals surface area contributed by atoms with Crippen LogP contribution in [0.5, 0.6) is 5.75 Å². The topological polar surface area (TPSA) is 96.0 Å². The molecular formula is C30H36FN3O5S. The molecule has 0 fully saturated rings. The largest absolute Gasteiger partial charge is 0.497 e. The van der Waals surface area contributed by atoms with Crippen LogP contribution < -0.4 is 14.4 Å². The molecule has 0 saturated heterocycles. The molecule has 0 heterocycles. The van der Waals surface area contributed by atoms with Crippen molar-refractivity contribution in [1.82, 2.24) is 10.2 Å². The Morgan fingerprint density at radius 2 is 1.52 bits per heavy atom. The third kappa shape index (κ3) is 7.81. The van der Waals surface area contributed by atoms with Crippen LogP contribution in [0, 0.1) is 12.7 Å². The van der Waals surface area contributed by atoms with Crippen molar-refractivity contribution in [2.45, 2.75) is 57.6 Å². The zero-order valence-corrected chi connectivity index (χ0v) is 24.5. The second-order valence-electron chi connectivity index (χ2n) is 10.6. The van der Waals surface area contributed by atoms with Gasteiger partial charge in [0.15, 0.2) is 0 Å². The summed E-state index contributed by atoms with van der Waals surface area (Å²) in [6.07, 6.45) is 0. The van der Waals surface area contributed by atoms with Crippen LogP contribution >= 0.6 is 0 Å². The highest BCUT2D eigenvalue weighted by atomic mass is 32.2. The number of methoxy groups -OCH3 is 1. The fourth-order valence-corrected chi connectivity index (χ4v) is 5.37. The Bertz CT molecular complexity index is 1420. The van der Waals surface area contributed by atoms with Crippen molar-refractivity contribution < 1.29 is 27.1 Å². The van der Waals surface area contributed by atoms with E-state index in [1.165, 1.54) is 48.4 Å². The van der Waals surface area contributed by atoms with Crippen LogP contribution in [-0.2, 0) is 26.2 Å². The van der Waals surface area contributed by atoms with Gasteiger partial charge in [-0.1, -0.05) is 29.8 Å². The first-order valence-electron chi connectivity index (χ1n) is 12.8. The first kappa shape index (κ1) is 30.6. The third-order valence-corrected chi connectivity index (χ3v) is 7.97. The number of nitrogens with zero attached hydrogens (tertiary/aromatic N) is 2. The van der Waals surface area contributed by atoms with E-state index < -0.39 is 39.9 Å². The number of amides is 2. The van der Waals surface area contributed by atoms with Gasteiger partial charge in [-0.25, -0.2) is 12.8 Å². The smallest absolute Gasteiger partial charge is 0.264 e. The van der Waals surface area contributed by atoms with Gasteiger partial charge in [-0.3, -0.25) is 13.9 Å². The fourth-order valence-electron chi connectivity index (χ4n) is 3.96. The van der Waals surface area contributed by atoms with Gasteiger partial charge in [-0.15, -0.1) is 0 Å². The summed E-state index contributed by atoms with van der Waals surface area (Å²) < 4.78 is 47.4. The van der Waals surface area contributed by atoms with Crippen molar-refractivity contribution in [1.29, 1.82) is 0 Å². The monoisotopic (exact) mass is 569 g/mol.